The monoisotopic (exact) mass is 346 g/mol. The highest BCUT2D eigenvalue weighted by molar-refractivity contribution is 5.96. The third kappa shape index (κ3) is 2.94. The highest BCUT2D eigenvalue weighted by Gasteiger charge is 2.55. The van der Waals surface area contributed by atoms with Crippen molar-refractivity contribution in [3.8, 4) is 0 Å². The van der Waals surface area contributed by atoms with Crippen molar-refractivity contribution < 1.29 is 14.3 Å². The van der Waals surface area contributed by atoms with Crippen LogP contribution in [-0.4, -0.2) is 59.8 Å². The van der Waals surface area contributed by atoms with Crippen molar-refractivity contribution in [2.24, 2.45) is 24.3 Å². The van der Waals surface area contributed by atoms with Crippen LogP contribution in [0.15, 0.2) is 12.4 Å². The summed E-state index contributed by atoms with van der Waals surface area (Å²) in [7, 11) is 3.57. The smallest absolute Gasteiger partial charge is 0.227 e. The minimum Gasteiger partial charge on any atom is -0.384 e. The van der Waals surface area contributed by atoms with E-state index in [2.05, 4.69) is 5.10 Å². The molecule has 3 fully saturated rings. The van der Waals surface area contributed by atoms with Crippen molar-refractivity contribution in [3.63, 3.8) is 0 Å². The van der Waals surface area contributed by atoms with Gasteiger partial charge in [0.25, 0.3) is 0 Å². The normalized spacial score (nSPS) is 25.8. The summed E-state index contributed by atoms with van der Waals surface area (Å²) in [5, 5.41) is 4.14. The fourth-order valence-corrected chi connectivity index (χ4v) is 4.42. The molecule has 1 saturated carbocycles. The van der Waals surface area contributed by atoms with Gasteiger partial charge >= 0.3 is 0 Å². The van der Waals surface area contributed by atoms with Gasteiger partial charge in [-0.15, -0.1) is 0 Å². The lowest BCUT2D eigenvalue weighted by Gasteiger charge is -2.51. The number of carbonyl (C=O) groups is 2. The summed E-state index contributed by atoms with van der Waals surface area (Å²) < 4.78 is 7.09. The predicted molar refractivity (Wildman–Crippen MR) is 91.9 cm³/mol. The number of amides is 2. The third-order valence-electron chi connectivity index (χ3n) is 5.96. The van der Waals surface area contributed by atoms with Gasteiger partial charge in [0.15, 0.2) is 0 Å². The van der Waals surface area contributed by atoms with Crippen molar-refractivity contribution in [2.75, 3.05) is 38.3 Å². The zero-order chi connectivity index (χ0) is 17.6. The fourth-order valence-electron chi connectivity index (χ4n) is 4.42. The van der Waals surface area contributed by atoms with E-state index in [1.165, 1.54) is 12.8 Å². The number of anilines is 1. The number of carbonyl (C=O) groups excluding carboxylic acids is 2. The fraction of sp³-hybridized carbons (Fsp3) is 0.722. The van der Waals surface area contributed by atoms with E-state index < -0.39 is 0 Å². The number of ether oxygens (including phenoxy) is 1. The van der Waals surface area contributed by atoms with E-state index in [4.69, 9.17) is 4.74 Å². The first-order valence-corrected chi connectivity index (χ1v) is 9.09. The van der Waals surface area contributed by atoms with E-state index in [0.717, 1.165) is 31.3 Å². The first-order chi connectivity index (χ1) is 12.0. The molecule has 1 unspecified atom stereocenters. The summed E-state index contributed by atoms with van der Waals surface area (Å²) in [6.07, 6.45) is 7.10. The second kappa shape index (κ2) is 6.12. The largest absolute Gasteiger partial charge is 0.384 e. The second-order valence-electron chi connectivity index (χ2n) is 7.88. The Labute approximate surface area is 147 Å². The Bertz CT molecular complexity index is 676. The topological polar surface area (TPSA) is 67.7 Å². The van der Waals surface area contributed by atoms with Crippen molar-refractivity contribution in [2.45, 2.75) is 25.7 Å². The molecule has 0 spiro atoms. The summed E-state index contributed by atoms with van der Waals surface area (Å²) in [4.78, 5) is 28.9. The van der Waals surface area contributed by atoms with Gasteiger partial charge in [-0.1, -0.05) is 0 Å². The molecule has 1 aromatic rings. The second-order valence-corrected chi connectivity index (χ2v) is 7.88. The Balaban J connectivity index is 1.40. The maximum absolute atomic E-state index is 12.9. The molecule has 2 aliphatic heterocycles. The SMILES string of the molecule is COCC1(C2CC2)CN(C(=O)C2CCC(=O)N(c3cnn(C)c3)C2)C1. The zero-order valence-electron chi connectivity index (χ0n) is 15.0. The molecule has 2 amide bonds. The van der Waals surface area contributed by atoms with Gasteiger partial charge in [-0.25, -0.2) is 0 Å². The summed E-state index contributed by atoms with van der Waals surface area (Å²) >= 11 is 0. The highest BCUT2D eigenvalue weighted by Crippen LogP contribution is 2.51. The Kier molecular flexibility index (Phi) is 4.06. The molecule has 0 N–H and O–H groups in total. The maximum Gasteiger partial charge on any atom is 0.227 e. The molecule has 1 aromatic heterocycles. The molecule has 2 saturated heterocycles. The first-order valence-electron chi connectivity index (χ1n) is 9.09. The molecule has 3 heterocycles. The molecule has 136 valence electrons. The standard InChI is InChI=1S/C18H26N4O3/c1-20-9-15(7-19-20)22-8-13(3-6-16(22)23)17(24)21-10-18(11-21,12-25-2)14-4-5-14/h7,9,13-14H,3-6,8,10-12H2,1-2H3. The van der Waals surface area contributed by atoms with Crippen LogP contribution in [0.25, 0.3) is 0 Å². The van der Waals surface area contributed by atoms with Crippen LogP contribution in [-0.2, 0) is 21.4 Å². The van der Waals surface area contributed by atoms with E-state index in [0.29, 0.717) is 19.4 Å². The van der Waals surface area contributed by atoms with Crippen LogP contribution < -0.4 is 4.90 Å². The number of aryl methyl sites for hydroxylation is 1. The number of nitrogens with zero attached hydrogens (tertiary/aromatic N) is 4. The van der Waals surface area contributed by atoms with E-state index in [9.17, 15) is 9.59 Å². The van der Waals surface area contributed by atoms with Gasteiger partial charge in [-0.05, 0) is 25.2 Å². The Hall–Kier alpha value is -1.89. The molecule has 3 aliphatic rings. The number of likely N-dealkylation sites (tertiary alicyclic amines) is 1. The lowest BCUT2D eigenvalue weighted by atomic mass is 9.75. The summed E-state index contributed by atoms with van der Waals surface area (Å²) in [6.45, 7) is 2.82. The molecular weight excluding hydrogens is 320 g/mol. The van der Waals surface area contributed by atoms with Crippen molar-refractivity contribution in [3.05, 3.63) is 12.4 Å². The molecule has 1 atom stereocenters. The Morgan fingerprint density at radius 3 is 2.72 bits per heavy atom. The average molecular weight is 346 g/mol. The van der Waals surface area contributed by atoms with Crippen LogP contribution in [0.3, 0.4) is 0 Å². The van der Waals surface area contributed by atoms with E-state index in [1.807, 2.05) is 18.1 Å². The van der Waals surface area contributed by atoms with Crippen molar-refractivity contribution >= 4 is 17.5 Å². The molecule has 0 aromatic carbocycles. The number of piperidine rings is 1. The maximum atomic E-state index is 12.9. The summed E-state index contributed by atoms with van der Waals surface area (Å²) in [5.41, 5.74) is 0.957. The number of aromatic nitrogens is 2. The lowest BCUT2D eigenvalue weighted by Crippen LogP contribution is -2.63. The Morgan fingerprint density at radius 1 is 1.36 bits per heavy atom. The first kappa shape index (κ1) is 16.6. The summed E-state index contributed by atoms with van der Waals surface area (Å²) in [5.74, 6) is 0.870. The minimum absolute atomic E-state index is 0.0763. The quantitative estimate of drug-likeness (QED) is 0.799. The van der Waals surface area contributed by atoms with Gasteiger partial charge in [0.1, 0.15) is 0 Å². The number of hydrogen-bond donors (Lipinski definition) is 0. The average Bonchev–Trinajstić information content (AvgIpc) is 3.32. The van der Waals surface area contributed by atoms with Crippen LogP contribution in [0.1, 0.15) is 25.7 Å². The van der Waals surface area contributed by atoms with Gasteiger partial charge < -0.3 is 14.5 Å². The molecule has 0 radical (unpaired) electrons. The van der Waals surface area contributed by atoms with Crippen LogP contribution in [0.4, 0.5) is 5.69 Å². The van der Waals surface area contributed by atoms with Crippen LogP contribution >= 0.6 is 0 Å². The Morgan fingerprint density at radius 2 is 2.12 bits per heavy atom. The predicted octanol–water partition coefficient (Wildman–Crippen LogP) is 1.05. The number of hydrogen-bond acceptors (Lipinski definition) is 4. The molecular formula is C18H26N4O3. The molecule has 7 heteroatoms. The van der Waals surface area contributed by atoms with E-state index >= 15 is 0 Å². The van der Waals surface area contributed by atoms with Crippen LogP contribution in [0, 0.1) is 17.3 Å². The molecule has 1 aliphatic carbocycles. The third-order valence-corrected chi connectivity index (χ3v) is 5.96. The van der Waals surface area contributed by atoms with Crippen molar-refractivity contribution in [1.29, 1.82) is 0 Å². The zero-order valence-corrected chi connectivity index (χ0v) is 15.0. The van der Waals surface area contributed by atoms with Gasteiger partial charge in [0, 0.05) is 51.8 Å². The van der Waals surface area contributed by atoms with Gasteiger partial charge in [0.2, 0.25) is 11.8 Å². The molecule has 25 heavy (non-hydrogen) atoms. The molecule has 7 nitrogen and oxygen atoms in total. The van der Waals surface area contributed by atoms with Crippen LogP contribution in [0.2, 0.25) is 0 Å². The van der Waals surface area contributed by atoms with Crippen LogP contribution in [0.5, 0.6) is 0 Å². The minimum atomic E-state index is -0.113. The number of rotatable bonds is 5. The van der Waals surface area contributed by atoms with Crippen molar-refractivity contribution in [1.82, 2.24) is 14.7 Å². The van der Waals surface area contributed by atoms with Gasteiger partial charge in [-0.3, -0.25) is 14.3 Å². The highest BCUT2D eigenvalue weighted by atomic mass is 16.5. The van der Waals surface area contributed by atoms with E-state index in [-0.39, 0.29) is 23.1 Å². The molecule has 4 rings (SSSR count). The lowest BCUT2D eigenvalue weighted by molar-refractivity contribution is -0.154. The number of methoxy groups -OCH3 is 1. The van der Waals surface area contributed by atoms with Gasteiger partial charge in [0.05, 0.1) is 24.4 Å². The molecule has 0 bridgehead atoms. The summed E-state index contributed by atoms with van der Waals surface area (Å²) in [6, 6.07) is 0. The van der Waals surface area contributed by atoms with Gasteiger partial charge in [-0.2, -0.15) is 5.10 Å². The van der Waals surface area contributed by atoms with E-state index in [1.54, 1.807) is 22.9 Å².